The van der Waals surface area contributed by atoms with Crippen molar-refractivity contribution >= 4 is 23.3 Å². The third-order valence-corrected chi connectivity index (χ3v) is 3.49. The molecule has 0 atom stereocenters. The van der Waals surface area contributed by atoms with E-state index >= 15 is 0 Å². The second kappa shape index (κ2) is 7.11. The molecular formula is C16H14ClNO5. The van der Waals surface area contributed by atoms with Crippen molar-refractivity contribution in [1.29, 1.82) is 0 Å². The van der Waals surface area contributed by atoms with Crippen molar-refractivity contribution in [3.8, 4) is 5.75 Å². The van der Waals surface area contributed by atoms with Crippen LogP contribution in [0, 0.1) is 17.0 Å². The van der Waals surface area contributed by atoms with Crippen molar-refractivity contribution in [2.45, 2.75) is 13.5 Å². The molecule has 0 amide bonds. The average molecular weight is 336 g/mol. The highest BCUT2D eigenvalue weighted by Crippen LogP contribution is 2.25. The molecule has 2 aromatic carbocycles. The van der Waals surface area contributed by atoms with E-state index in [4.69, 9.17) is 21.1 Å². The number of halogens is 1. The molecule has 2 aromatic rings. The van der Waals surface area contributed by atoms with Gasteiger partial charge in [0.15, 0.2) is 0 Å². The van der Waals surface area contributed by atoms with Crippen LogP contribution in [0.3, 0.4) is 0 Å². The number of nitro benzene ring substituents is 1. The number of hydrogen-bond acceptors (Lipinski definition) is 5. The number of carbonyl (C=O) groups excluding carboxylic acids is 1. The molecule has 0 aliphatic carbocycles. The predicted octanol–water partition coefficient (Wildman–Crippen LogP) is 3.92. The van der Waals surface area contributed by atoms with Crippen LogP contribution in [0.1, 0.15) is 21.5 Å². The maximum atomic E-state index is 12.1. The number of ether oxygens (including phenoxy) is 2. The molecule has 0 radical (unpaired) electrons. The van der Waals surface area contributed by atoms with Crippen LogP contribution < -0.4 is 4.74 Å². The number of non-ortho nitro benzene ring substituents is 1. The van der Waals surface area contributed by atoms with Gasteiger partial charge in [0.25, 0.3) is 5.69 Å². The van der Waals surface area contributed by atoms with Gasteiger partial charge in [-0.25, -0.2) is 4.79 Å². The van der Waals surface area contributed by atoms with Crippen LogP contribution in [0.15, 0.2) is 36.4 Å². The summed E-state index contributed by atoms with van der Waals surface area (Å²) in [5.74, 6) is -0.0494. The van der Waals surface area contributed by atoms with Crippen molar-refractivity contribution in [3.63, 3.8) is 0 Å². The van der Waals surface area contributed by atoms with Crippen LogP contribution in [0.25, 0.3) is 0 Å². The van der Waals surface area contributed by atoms with E-state index in [1.165, 1.54) is 19.2 Å². The molecule has 0 spiro atoms. The molecule has 0 bridgehead atoms. The molecule has 120 valence electrons. The standard InChI is InChI=1S/C16H14ClNO5/c1-10-3-6-15(22-2)11(7-10)9-23-16(19)13-5-4-12(18(20)21)8-14(13)17/h3-8H,9H2,1-2H3. The lowest BCUT2D eigenvalue weighted by atomic mass is 10.1. The molecule has 0 saturated heterocycles. The first kappa shape index (κ1) is 16.8. The average Bonchev–Trinajstić information content (AvgIpc) is 2.52. The van der Waals surface area contributed by atoms with E-state index in [1.807, 2.05) is 19.1 Å². The number of carbonyl (C=O) groups is 1. The Morgan fingerprint density at radius 2 is 2.00 bits per heavy atom. The Balaban J connectivity index is 2.14. The second-order valence-electron chi connectivity index (χ2n) is 4.81. The van der Waals surface area contributed by atoms with Gasteiger partial charge < -0.3 is 9.47 Å². The number of benzene rings is 2. The molecule has 0 unspecified atom stereocenters. The van der Waals surface area contributed by atoms with Gasteiger partial charge in [0.1, 0.15) is 12.4 Å². The Morgan fingerprint density at radius 3 is 2.61 bits per heavy atom. The molecule has 0 heterocycles. The van der Waals surface area contributed by atoms with Gasteiger partial charge in [-0.1, -0.05) is 23.2 Å². The third kappa shape index (κ3) is 3.98. The lowest BCUT2D eigenvalue weighted by Crippen LogP contribution is -2.07. The van der Waals surface area contributed by atoms with Crippen molar-refractivity contribution in [3.05, 3.63) is 68.2 Å². The quantitative estimate of drug-likeness (QED) is 0.470. The summed E-state index contributed by atoms with van der Waals surface area (Å²) in [5.41, 5.74) is 1.61. The van der Waals surface area contributed by atoms with Crippen molar-refractivity contribution < 1.29 is 19.2 Å². The molecule has 0 fully saturated rings. The third-order valence-electron chi connectivity index (χ3n) is 3.18. The highest BCUT2D eigenvalue weighted by Gasteiger charge is 2.16. The summed E-state index contributed by atoms with van der Waals surface area (Å²) >= 11 is 5.90. The summed E-state index contributed by atoms with van der Waals surface area (Å²) in [6.07, 6.45) is 0. The minimum Gasteiger partial charge on any atom is -0.496 e. The number of nitrogens with zero attached hydrogens (tertiary/aromatic N) is 1. The summed E-state index contributed by atoms with van der Waals surface area (Å²) in [7, 11) is 1.53. The summed E-state index contributed by atoms with van der Waals surface area (Å²) in [6, 6.07) is 9.12. The van der Waals surface area contributed by atoms with Gasteiger partial charge in [-0.05, 0) is 25.1 Å². The number of methoxy groups -OCH3 is 1. The second-order valence-corrected chi connectivity index (χ2v) is 5.22. The van der Waals surface area contributed by atoms with Gasteiger partial charge in [-0.3, -0.25) is 10.1 Å². The Hall–Kier alpha value is -2.60. The Labute approximate surface area is 137 Å². The van der Waals surface area contributed by atoms with Gasteiger partial charge in [-0.15, -0.1) is 0 Å². The molecular weight excluding hydrogens is 322 g/mol. The summed E-state index contributed by atoms with van der Waals surface area (Å²) in [6.45, 7) is 1.93. The fraction of sp³-hybridized carbons (Fsp3) is 0.188. The molecule has 0 aliphatic heterocycles. The smallest absolute Gasteiger partial charge is 0.339 e. The molecule has 0 aromatic heterocycles. The highest BCUT2D eigenvalue weighted by molar-refractivity contribution is 6.33. The van der Waals surface area contributed by atoms with E-state index in [1.54, 1.807) is 6.07 Å². The van der Waals surface area contributed by atoms with Crippen LogP contribution in [-0.4, -0.2) is 18.0 Å². The topological polar surface area (TPSA) is 78.7 Å². The molecule has 2 rings (SSSR count). The van der Waals surface area contributed by atoms with E-state index in [2.05, 4.69) is 0 Å². The Bertz CT molecular complexity index is 760. The Kier molecular flexibility index (Phi) is 5.18. The van der Waals surface area contributed by atoms with Gasteiger partial charge in [0, 0.05) is 17.7 Å². The first-order valence-corrected chi connectivity index (χ1v) is 7.04. The number of hydrogen-bond donors (Lipinski definition) is 0. The SMILES string of the molecule is COc1ccc(C)cc1COC(=O)c1ccc([N+](=O)[O-])cc1Cl. The fourth-order valence-electron chi connectivity index (χ4n) is 2.02. The zero-order valence-corrected chi connectivity index (χ0v) is 13.3. The van der Waals surface area contributed by atoms with E-state index < -0.39 is 10.9 Å². The van der Waals surface area contributed by atoms with E-state index in [0.717, 1.165) is 17.2 Å². The number of rotatable bonds is 5. The van der Waals surface area contributed by atoms with Crippen LogP contribution in [-0.2, 0) is 11.3 Å². The minimum atomic E-state index is -0.659. The maximum absolute atomic E-state index is 12.1. The van der Waals surface area contributed by atoms with Gasteiger partial charge >= 0.3 is 5.97 Å². The predicted molar refractivity (Wildman–Crippen MR) is 85.0 cm³/mol. The van der Waals surface area contributed by atoms with Gasteiger partial charge in [0.2, 0.25) is 0 Å². The molecule has 23 heavy (non-hydrogen) atoms. The van der Waals surface area contributed by atoms with Crippen LogP contribution in [0.2, 0.25) is 5.02 Å². The zero-order valence-electron chi connectivity index (χ0n) is 12.5. The summed E-state index contributed by atoms with van der Waals surface area (Å²) < 4.78 is 10.4. The van der Waals surface area contributed by atoms with Crippen molar-refractivity contribution in [1.82, 2.24) is 0 Å². The normalized spacial score (nSPS) is 10.2. The molecule has 0 aliphatic rings. The Morgan fingerprint density at radius 1 is 1.26 bits per heavy atom. The van der Waals surface area contributed by atoms with Crippen molar-refractivity contribution in [2.24, 2.45) is 0 Å². The molecule has 6 nitrogen and oxygen atoms in total. The maximum Gasteiger partial charge on any atom is 0.339 e. The molecule has 7 heteroatoms. The summed E-state index contributed by atoms with van der Waals surface area (Å²) in [5, 5.41) is 10.6. The lowest BCUT2D eigenvalue weighted by Gasteiger charge is -2.10. The summed E-state index contributed by atoms with van der Waals surface area (Å²) in [4.78, 5) is 22.2. The van der Waals surface area contributed by atoms with E-state index in [-0.39, 0.29) is 22.9 Å². The van der Waals surface area contributed by atoms with E-state index in [9.17, 15) is 14.9 Å². The van der Waals surface area contributed by atoms with Crippen molar-refractivity contribution in [2.75, 3.05) is 7.11 Å². The molecule has 0 saturated carbocycles. The monoisotopic (exact) mass is 335 g/mol. The number of nitro groups is 1. The minimum absolute atomic E-state index is 0.0109. The first-order valence-electron chi connectivity index (χ1n) is 6.67. The van der Waals surface area contributed by atoms with Crippen LogP contribution in [0.4, 0.5) is 5.69 Å². The van der Waals surface area contributed by atoms with Gasteiger partial charge in [-0.2, -0.15) is 0 Å². The van der Waals surface area contributed by atoms with Crippen LogP contribution >= 0.6 is 11.6 Å². The largest absolute Gasteiger partial charge is 0.496 e. The lowest BCUT2D eigenvalue weighted by molar-refractivity contribution is -0.384. The number of esters is 1. The van der Waals surface area contributed by atoms with Crippen LogP contribution in [0.5, 0.6) is 5.75 Å². The zero-order chi connectivity index (χ0) is 17.0. The fourth-order valence-corrected chi connectivity index (χ4v) is 2.28. The molecule has 0 N–H and O–H groups in total. The van der Waals surface area contributed by atoms with E-state index in [0.29, 0.717) is 5.75 Å². The first-order chi connectivity index (χ1) is 10.9. The number of aryl methyl sites for hydroxylation is 1. The van der Waals surface area contributed by atoms with Gasteiger partial charge in [0.05, 0.1) is 22.6 Å². The highest BCUT2D eigenvalue weighted by atomic mass is 35.5.